The quantitative estimate of drug-likeness (QED) is 0.909. The van der Waals surface area contributed by atoms with Crippen molar-refractivity contribution in [2.45, 2.75) is 6.92 Å². The van der Waals surface area contributed by atoms with Gasteiger partial charge in [-0.2, -0.15) is 4.98 Å². The van der Waals surface area contributed by atoms with Gasteiger partial charge in [0.05, 0.1) is 0 Å². The number of nitrogens with one attached hydrogen (secondary N) is 1. The van der Waals surface area contributed by atoms with E-state index in [1.54, 1.807) is 0 Å². The SMILES string of the molecule is Cc1ccc(Nc2nccc(N3CCN(C)CC3)n2)cc1Br. The van der Waals surface area contributed by atoms with Crippen molar-refractivity contribution in [3.05, 3.63) is 40.5 Å². The van der Waals surface area contributed by atoms with Crippen molar-refractivity contribution >= 4 is 33.4 Å². The van der Waals surface area contributed by atoms with Crippen molar-refractivity contribution in [3.63, 3.8) is 0 Å². The van der Waals surface area contributed by atoms with Gasteiger partial charge in [0.25, 0.3) is 0 Å². The summed E-state index contributed by atoms with van der Waals surface area (Å²) in [5, 5.41) is 3.27. The van der Waals surface area contributed by atoms with E-state index in [0.29, 0.717) is 5.95 Å². The Balaban J connectivity index is 1.74. The standard InChI is InChI=1S/C16H20BrN5/c1-12-3-4-13(11-14(12)17)19-16-18-6-5-15(20-16)22-9-7-21(2)8-10-22/h3-6,11H,7-10H2,1-2H3,(H,18,19,20). The summed E-state index contributed by atoms with van der Waals surface area (Å²) in [5.74, 6) is 1.61. The third kappa shape index (κ3) is 3.56. The Labute approximate surface area is 139 Å². The fourth-order valence-electron chi connectivity index (χ4n) is 2.42. The highest BCUT2D eigenvalue weighted by molar-refractivity contribution is 9.10. The average Bonchev–Trinajstić information content (AvgIpc) is 2.52. The van der Waals surface area contributed by atoms with E-state index in [2.05, 4.69) is 61.1 Å². The number of likely N-dealkylation sites (N-methyl/N-ethyl adjacent to an activating group) is 1. The summed E-state index contributed by atoms with van der Waals surface area (Å²) in [6.45, 7) is 6.21. The zero-order valence-corrected chi connectivity index (χ0v) is 14.5. The van der Waals surface area contributed by atoms with E-state index in [1.807, 2.05) is 24.4 Å². The van der Waals surface area contributed by atoms with E-state index in [0.717, 1.165) is 42.2 Å². The monoisotopic (exact) mass is 361 g/mol. The van der Waals surface area contributed by atoms with E-state index in [1.165, 1.54) is 5.56 Å². The summed E-state index contributed by atoms with van der Waals surface area (Å²) in [7, 11) is 2.15. The van der Waals surface area contributed by atoms with Crippen molar-refractivity contribution < 1.29 is 0 Å². The molecule has 2 heterocycles. The zero-order valence-electron chi connectivity index (χ0n) is 12.9. The molecule has 1 N–H and O–H groups in total. The summed E-state index contributed by atoms with van der Waals surface area (Å²) < 4.78 is 1.08. The molecular formula is C16H20BrN5. The first kappa shape index (κ1) is 15.2. The first-order chi connectivity index (χ1) is 10.6. The number of halogens is 1. The summed E-state index contributed by atoms with van der Waals surface area (Å²) in [4.78, 5) is 13.6. The Kier molecular flexibility index (Phi) is 4.59. The number of piperazine rings is 1. The van der Waals surface area contributed by atoms with Crippen LogP contribution in [-0.4, -0.2) is 48.1 Å². The number of rotatable bonds is 3. The van der Waals surface area contributed by atoms with Crippen molar-refractivity contribution in [2.75, 3.05) is 43.4 Å². The second-order valence-electron chi connectivity index (χ2n) is 5.62. The van der Waals surface area contributed by atoms with Gasteiger partial charge in [0.1, 0.15) is 5.82 Å². The maximum absolute atomic E-state index is 4.64. The highest BCUT2D eigenvalue weighted by atomic mass is 79.9. The Morgan fingerprint density at radius 3 is 2.64 bits per heavy atom. The molecule has 0 unspecified atom stereocenters. The van der Waals surface area contributed by atoms with Gasteiger partial charge in [0, 0.05) is 42.5 Å². The van der Waals surface area contributed by atoms with Crippen LogP contribution in [0.3, 0.4) is 0 Å². The lowest BCUT2D eigenvalue weighted by Gasteiger charge is -2.33. The maximum atomic E-state index is 4.64. The van der Waals surface area contributed by atoms with E-state index in [9.17, 15) is 0 Å². The average molecular weight is 362 g/mol. The smallest absolute Gasteiger partial charge is 0.229 e. The molecule has 0 radical (unpaired) electrons. The van der Waals surface area contributed by atoms with Crippen molar-refractivity contribution in [2.24, 2.45) is 0 Å². The molecule has 1 saturated heterocycles. The predicted octanol–water partition coefficient (Wildman–Crippen LogP) is 3.04. The van der Waals surface area contributed by atoms with Crippen LogP contribution in [0.25, 0.3) is 0 Å². The summed E-state index contributed by atoms with van der Waals surface area (Å²) >= 11 is 3.55. The Bertz CT molecular complexity index is 653. The molecule has 3 rings (SSSR count). The van der Waals surface area contributed by atoms with Crippen LogP contribution >= 0.6 is 15.9 Å². The molecule has 2 aromatic rings. The lowest BCUT2D eigenvalue weighted by molar-refractivity contribution is 0.312. The molecule has 0 bridgehead atoms. The fraction of sp³-hybridized carbons (Fsp3) is 0.375. The molecule has 22 heavy (non-hydrogen) atoms. The van der Waals surface area contributed by atoms with Gasteiger partial charge in [-0.3, -0.25) is 0 Å². The van der Waals surface area contributed by atoms with Gasteiger partial charge < -0.3 is 15.1 Å². The molecule has 5 nitrogen and oxygen atoms in total. The first-order valence-corrected chi connectivity index (χ1v) is 8.21. The number of nitrogens with zero attached hydrogens (tertiary/aromatic N) is 4. The minimum Gasteiger partial charge on any atom is -0.354 e. The minimum atomic E-state index is 0.632. The molecule has 1 aliphatic heterocycles. The van der Waals surface area contributed by atoms with E-state index < -0.39 is 0 Å². The lowest BCUT2D eigenvalue weighted by Crippen LogP contribution is -2.44. The largest absolute Gasteiger partial charge is 0.354 e. The third-order valence-corrected chi connectivity index (χ3v) is 4.75. The van der Waals surface area contributed by atoms with Crippen LogP contribution in [-0.2, 0) is 0 Å². The van der Waals surface area contributed by atoms with E-state index in [-0.39, 0.29) is 0 Å². The highest BCUT2D eigenvalue weighted by Crippen LogP contribution is 2.23. The van der Waals surface area contributed by atoms with Gasteiger partial charge in [-0.05, 0) is 37.7 Å². The van der Waals surface area contributed by atoms with E-state index in [4.69, 9.17) is 0 Å². The molecule has 1 aromatic carbocycles. The number of anilines is 3. The van der Waals surface area contributed by atoms with Crippen LogP contribution in [0.1, 0.15) is 5.56 Å². The first-order valence-electron chi connectivity index (χ1n) is 7.41. The topological polar surface area (TPSA) is 44.3 Å². The molecule has 116 valence electrons. The number of hydrogen-bond donors (Lipinski definition) is 1. The number of benzene rings is 1. The molecule has 0 atom stereocenters. The van der Waals surface area contributed by atoms with Crippen LogP contribution < -0.4 is 10.2 Å². The third-order valence-electron chi connectivity index (χ3n) is 3.90. The molecule has 1 aromatic heterocycles. The molecular weight excluding hydrogens is 342 g/mol. The minimum absolute atomic E-state index is 0.632. The molecule has 0 spiro atoms. The second-order valence-corrected chi connectivity index (χ2v) is 6.47. The van der Waals surface area contributed by atoms with Crippen LogP contribution in [0.2, 0.25) is 0 Å². The van der Waals surface area contributed by atoms with E-state index >= 15 is 0 Å². The van der Waals surface area contributed by atoms with Gasteiger partial charge in [-0.1, -0.05) is 22.0 Å². The van der Waals surface area contributed by atoms with Gasteiger partial charge in [0.15, 0.2) is 0 Å². The van der Waals surface area contributed by atoms with Crippen LogP contribution in [0, 0.1) is 6.92 Å². The molecule has 0 saturated carbocycles. The number of hydrogen-bond acceptors (Lipinski definition) is 5. The van der Waals surface area contributed by atoms with Crippen molar-refractivity contribution in [1.82, 2.24) is 14.9 Å². The van der Waals surface area contributed by atoms with Gasteiger partial charge in [-0.25, -0.2) is 4.98 Å². The fourth-order valence-corrected chi connectivity index (χ4v) is 2.80. The van der Waals surface area contributed by atoms with Crippen LogP contribution in [0.5, 0.6) is 0 Å². The molecule has 1 fully saturated rings. The molecule has 0 amide bonds. The highest BCUT2D eigenvalue weighted by Gasteiger charge is 2.15. The Morgan fingerprint density at radius 1 is 1.14 bits per heavy atom. The Morgan fingerprint density at radius 2 is 1.91 bits per heavy atom. The lowest BCUT2D eigenvalue weighted by atomic mass is 10.2. The van der Waals surface area contributed by atoms with Gasteiger partial charge in [0.2, 0.25) is 5.95 Å². The van der Waals surface area contributed by atoms with Crippen LogP contribution in [0.4, 0.5) is 17.5 Å². The molecule has 0 aliphatic carbocycles. The normalized spacial score (nSPS) is 15.9. The zero-order chi connectivity index (χ0) is 15.5. The van der Waals surface area contributed by atoms with Crippen molar-refractivity contribution in [3.8, 4) is 0 Å². The summed E-state index contributed by atoms with van der Waals surface area (Å²) in [5.41, 5.74) is 2.19. The van der Waals surface area contributed by atoms with Crippen LogP contribution in [0.15, 0.2) is 34.9 Å². The molecule has 6 heteroatoms. The summed E-state index contributed by atoms with van der Waals surface area (Å²) in [6, 6.07) is 8.12. The Hall–Kier alpha value is -1.66. The second kappa shape index (κ2) is 6.62. The summed E-state index contributed by atoms with van der Waals surface area (Å²) in [6.07, 6.45) is 1.81. The number of aromatic nitrogens is 2. The van der Waals surface area contributed by atoms with Gasteiger partial charge >= 0.3 is 0 Å². The maximum Gasteiger partial charge on any atom is 0.229 e. The predicted molar refractivity (Wildman–Crippen MR) is 93.9 cm³/mol. The molecule has 1 aliphatic rings. The van der Waals surface area contributed by atoms with Gasteiger partial charge in [-0.15, -0.1) is 0 Å². The number of aryl methyl sites for hydroxylation is 1. The van der Waals surface area contributed by atoms with Crippen molar-refractivity contribution in [1.29, 1.82) is 0 Å².